The van der Waals surface area contributed by atoms with Crippen molar-refractivity contribution in [1.29, 1.82) is 0 Å². The van der Waals surface area contributed by atoms with Crippen molar-refractivity contribution in [2.45, 2.75) is 45.6 Å². The molecule has 1 N–H and O–H groups in total. The van der Waals surface area contributed by atoms with E-state index in [4.69, 9.17) is 4.74 Å². The van der Waals surface area contributed by atoms with Crippen molar-refractivity contribution < 1.29 is 9.66 Å². The van der Waals surface area contributed by atoms with E-state index < -0.39 is 0 Å². The zero-order chi connectivity index (χ0) is 14.5. The van der Waals surface area contributed by atoms with Crippen LogP contribution in [0.5, 0.6) is 5.75 Å². The molecule has 5 heteroatoms. The van der Waals surface area contributed by atoms with Gasteiger partial charge >= 0.3 is 5.69 Å². The molecule has 0 saturated heterocycles. The number of nitro groups is 1. The predicted octanol–water partition coefficient (Wildman–Crippen LogP) is 3.98. The van der Waals surface area contributed by atoms with Gasteiger partial charge in [0, 0.05) is 6.54 Å². The van der Waals surface area contributed by atoms with Gasteiger partial charge in [0.25, 0.3) is 0 Å². The summed E-state index contributed by atoms with van der Waals surface area (Å²) in [6.45, 7) is 4.77. The molecule has 1 aromatic rings. The van der Waals surface area contributed by atoms with Crippen LogP contribution in [0.3, 0.4) is 0 Å². The first-order valence-electron chi connectivity index (χ1n) is 7.29. The van der Waals surface area contributed by atoms with Gasteiger partial charge in [0.2, 0.25) is 0 Å². The Morgan fingerprint density at radius 2 is 2.25 bits per heavy atom. The summed E-state index contributed by atoms with van der Waals surface area (Å²) in [6, 6.07) is 5.21. The smallest absolute Gasteiger partial charge is 0.333 e. The highest BCUT2D eigenvalue weighted by Crippen LogP contribution is 2.37. The molecule has 0 aliphatic heterocycles. The van der Waals surface area contributed by atoms with E-state index in [9.17, 15) is 10.1 Å². The lowest BCUT2D eigenvalue weighted by Crippen LogP contribution is -2.24. The highest BCUT2D eigenvalue weighted by molar-refractivity contribution is 5.68. The van der Waals surface area contributed by atoms with E-state index in [1.54, 1.807) is 18.2 Å². The lowest BCUT2D eigenvalue weighted by molar-refractivity contribution is -0.385. The van der Waals surface area contributed by atoms with Crippen LogP contribution >= 0.6 is 0 Å². The first kappa shape index (κ1) is 14.6. The van der Waals surface area contributed by atoms with Crippen LogP contribution in [-0.4, -0.2) is 17.6 Å². The molecule has 1 aliphatic carbocycles. The maximum absolute atomic E-state index is 11.3. The summed E-state index contributed by atoms with van der Waals surface area (Å²) in [4.78, 5) is 10.9. The van der Waals surface area contributed by atoms with E-state index in [0.717, 1.165) is 19.3 Å². The van der Waals surface area contributed by atoms with E-state index in [1.165, 1.54) is 6.42 Å². The average molecular weight is 278 g/mol. The summed E-state index contributed by atoms with van der Waals surface area (Å²) in [6.07, 6.45) is 4.40. The van der Waals surface area contributed by atoms with Crippen LogP contribution in [0, 0.1) is 16.0 Å². The van der Waals surface area contributed by atoms with Crippen molar-refractivity contribution in [1.82, 2.24) is 0 Å². The van der Waals surface area contributed by atoms with Crippen molar-refractivity contribution in [3.63, 3.8) is 0 Å². The van der Waals surface area contributed by atoms with Gasteiger partial charge < -0.3 is 10.1 Å². The maximum atomic E-state index is 11.3. The molecule has 2 unspecified atom stereocenters. The van der Waals surface area contributed by atoms with Crippen LogP contribution in [0.15, 0.2) is 18.2 Å². The molecule has 1 aromatic carbocycles. The topological polar surface area (TPSA) is 64.4 Å². The minimum Gasteiger partial charge on any atom is -0.483 e. The van der Waals surface area contributed by atoms with Crippen LogP contribution in [0.4, 0.5) is 11.4 Å². The summed E-state index contributed by atoms with van der Waals surface area (Å²) >= 11 is 0. The SMILES string of the molecule is CCNc1cccc(OC2CCCC(C)C2)c1[N+](=O)[O-]. The Kier molecular flexibility index (Phi) is 4.82. The summed E-state index contributed by atoms with van der Waals surface area (Å²) in [7, 11) is 0. The van der Waals surface area contributed by atoms with Gasteiger partial charge in [-0.2, -0.15) is 0 Å². The zero-order valence-electron chi connectivity index (χ0n) is 12.1. The van der Waals surface area contributed by atoms with Crippen molar-refractivity contribution in [2.24, 2.45) is 5.92 Å². The molecular weight excluding hydrogens is 256 g/mol. The van der Waals surface area contributed by atoms with E-state index in [1.807, 2.05) is 6.92 Å². The molecule has 0 radical (unpaired) electrons. The highest BCUT2D eigenvalue weighted by atomic mass is 16.6. The number of nitrogens with zero attached hydrogens (tertiary/aromatic N) is 1. The first-order valence-corrected chi connectivity index (χ1v) is 7.29. The molecule has 1 saturated carbocycles. The molecular formula is C15H22N2O3. The van der Waals surface area contributed by atoms with E-state index in [2.05, 4.69) is 12.2 Å². The summed E-state index contributed by atoms with van der Waals surface area (Å²) in [5.41, 5.74) is 0.575. The normalized spacial score (nSPS) is 22.3. The zero-order valence-corrected chi connectivity index (χ0v) is 12.1. The number of ether oxygens (including phenoxy) is 1. The Labute approximate surface area is 119 Å². The Bertz CT molecular complexity index is 476. The molecule has 0 heterocycles. The minimum absolute atomic E-state index is 0.0487. The fourth-order valence-electron chi connectivity index (χ4n) is 2.80. The van der Waals surface area contributed by atoms with Crippen LogP contribution in [0.1, 0.15) is 39.5 Å². The third-order valence-corrected chi connectivity index (χ3v) is 3.73. The number of para-hydroxylation sites is 1. The molecule has 20 heavy (non-hydrogen) atoms. The van der Waals surface area contributed by atoms with Crippen LogP contribution in [-0.2, 0) is 0 Å². The second kappa shape index (κ2) is 6.59. The molecule has 110 valence electrons. The van der Waals surface area contributed by atoms with Crippen LogP contribution in [0.25, 0.3) is 0 Å². The number of hydrogen-bond donors (Lipinski definition) is 1. The third kappa shape index (κ3) is 3.40. The number of nitrogens with one attached hydrogen (secondary N) is 1. The second-order valence-corrected chi connectivity index (χ2v) is 5.45. The predicted molar refractivity (Wildman–Crippen MR) is 79.3 cm³/mol. The Morgan fingerprint density at radius 3 is 2.90 bits per heavy atom. The number of benzene rings is 1. The monoisotopic (exact) mass is 278 g/mol. The van der Waals surface area contributed by atoms with E-state index in [-0.39, 0.29) is 16.7 Å². The second-order valence-electron chi connectivity index (χ2n) is 5.45. The minimum atomic E-state index is -0.362. The number of nitro benzene ring substituents is 1. The standard InChI is InChI=1S/C15H22N2O3/c1-3-16-13-8-5-9-14(15(13)17(18)19)20-12-7-4-6-11(2)10-12/h5,8-9,11-12,16H,3-4,6-7,10H2,1-2H3. The van der Waals surface area contributed by atoms with E-state index >= 15 is 0 Å². The van der Waals surface area contributed by atoms with E-state index in [0.29, 0.717) is 23.9 Å². The van der Waals surface area contributed by atoms with Crippen molar-refractivity contribution in [3.8, 4) is 5.75 Å². The molecule has 5 nitrogen and oxygen atoms in total. The molecule has 1 fully saturated rings. The number of anilines is 1. The van der Waals surface area contributed by atoms with Gasteiger partial charge in [-0.15, -0.1) is 0 Å². The summed E-state index contributed by atoms with van der Waals surface area (Å²) in [5.74, 6) is 1.01. The van der Waals surface area contributed by atoms with Crippen molar-refractivity contribution in [3.05, 3.63) is 28.3 Å². The van der Waals surface area contributed by atoms with Crippen molar-refractivity contribution in [2.75, 3.05) is 11.9 Å². The molecule has 0 amide bonds. The van der Waals surface area contributed by atoms with Crippen LogP contribution < -0.4 is 10.1 Å². The molecule has 0 bridgehead atoms. The highest BCUT2D eigenvalue weighted by Gasteiger charge is 2.26. The largest absolute Gasteiger partial charge is 0.483 e. The van der Waals surface area contributed by atoms with Gasteiger partial charge in [-0.3, -0.25) is 10.1 Å². The molecule has 0 aromatic heterocycles. The molecule has 0 spiro atoms. The fourth-order valence-corrected chi connectivity index (χ4v) is 2.80. The van der Waals surface area contributed by atoms with Crippen molar-refractivity contribution >= 4 is 11.4 Å². The Morgan fingerprint density at radius 1 is 1.45 bits per heavy atom. The van der Waals surface area contributed by atoms with Gasteiger partial charge in [-0.25, -0.2) is 0 Å². The quantitative estimate of drug-likeness (QED) is 0.653. The first-order chi connectivity index (χ1) is 9.61. The van der Waals surface area contributed by atoms with Gasteiger partial charge in [-0.1, -0.05) is 19.4 Å². The Hall–Kier alpha value is -1.78. The number of hydrogen-bond acceptors (Lipinski definition) is 4. The Balaban J connectivity index is 2.21. The summed E-state index contributed by atoms with van der Waals surface area (Å²) in [5, 5.41) is 14.3. The van der Waals surface area contributed by atoms with Gasteiger partial charge in [0.05, 0.1) is 11.0 Å². The third-order valence-electron chi connectivity index (χ3n) is 3.73. The average Bonchev–Trinajstić information content (AvgIpc) is 2.39. The molecule has 2 atom stereocenters. The van der Waals surface area contributed by atoms with Gasteiger partial charge in [0.15, 0.2) is 5.75 Å². The number of rotatable bonds is 5. The maximum Gasteiger partial charge on any atom is 0.333 e. The lowest BCUT2D eigenvalue weighted by Gasteiger charge is -2.27. The lowest BCUT2D eigenvalue weighted by atomic mass is 9.89. The molecule has 2 rings (SSSR count). The van der Waals surface area contributed by atoms with Crippen LogP contribution in [0.2, 0.25) is 0 Å². The fraction of sp³-hybridized carbons (Fsp3) is 0.600. The molecule has 1 aliphatic rings. The van der Waals surface area contributed by atoms with Gasteiger partial charge in [-0.05, 0) is 44.2 Å². The summed E-state index contributed by atoms with van der Waals surface area (Å²) < 4.78 is 5.92. The van der Waals surface area contributed by atoms with Gasteiger partial charge in [0.1, 0.15) is 5.69 Å².